The maximum absolute atomic E-state index is 14.3. The molecule has 0 bridgehead atoms. The van der Waals surface area contributed by atoms with E-state index in [1.807, 2.05) is 39.0 Å². The van der Waals surface area contributed by atoms with Gasteiger partial charge in [-0.1, -0.05) is 39.3 Å². The number of sulfone groups is 1. The molecule has 0 unspecified atom stereocenters. The van der Waals surface area contributed by atoms with E-state index in [9.17, 15) is 27.9 Å². The van der Waals surface area contributed by atoms with Crippen molar-refractivity contribution in [1.82, 2.24) is 0 Å². The minimum absolute atomic E-state index is 0.0668. The molecule has 1 saturated carbocycles. The predicted molar refractivity (Wildman–Crippen MR) is 154 cm³/mol. The smallest absolute Gasteiger partial charge is 0.309 e. The number of carbonyl (C=O) groups excluding carboxylic acids is 2. The number of benzene rings is 2. The van der Waals surface area contributed by atoms with Crippen LogP contribution in [0, 0.1) is 23.7 Å². The van der Waals surface area contributed by atoms with Crippen molar-refractivity contribution in [3.63, 3.8) is 0 Å². The topological polar surface area (TPSA) is 106 Å². The number of hydrogen-bond donors (Lipinski definition) is 1. The zero-order valence-corrected chi connectivity index (χ0v) is 24.8. The Hall–Kier alpha value is -3.06. The van der Waals surface area contributed by atoms with E-state index >= 15 is 0 Å². The molecule has 1 heterocycles. The first-order chi connectivity index (χ1) is 18.7. The third-order valence-electron chi connectivity index (χ3n) is 9.98. The number of ketones is 2. The summed E-state index contributed by atoms with van der Waals surface area (Å²) < 4.78 is 25.6. The van der Waals surface area contributed by atoms with E-state index < -0.39 is 21.2 Å². The Balaban J connectivity index is 1.66. The largest absolute Gasteiger partial charge is 0.481 e. The van der Waals surface area contributed by atoms with Gasteiger partial charge in [0.25, 0.3) is 0 Å². The molecule has 3 atom stereocenters. The van der Waals surface area contributed by atoms with E-state index in [0.29, 0.717) is 41.5 Å². The lowest BCUT2D eigenvalue weighted by Crippen LogP contribution is -2.47. The predicted octanol–water partition coefficient (Wildman–Crippen LogP) is 6.24. The zero-order valence-electron chi connectivity index (χ0n) is 24.0. The van der Waals surface area contributed by atoms with Crippen molar-refractivity contribution < 1.29 is 27.9 Å². The van der Waals surface area contributed by atoms with Gasteiger partial charge in [0.15, 0.2) is 21.4 Å². The second kappa shape index (κ2) is 9.51. The van der Waals surface area contributed by atoms with Crippen LogP contribution in [0.4, 0.5) is 0 Å². The number of fused-ring (bicyclic) bond motifs is 4. The van der Waals surface area contributed by atoms with Crippen LogP contribution < -0.4 is 0 Å². The fraction of sp³-hybridized carbons (Fsp3) is 0.485. The molecule has 3 aliphatic rings. The van der Waals surface area contributed by atoms with E-state index in [1.54, 1.807) is 13.0 Å². The highest BCUT2D eigenvalue weighted by molar-refractivity contribution is 7.91. The Morgan fingerprint density at radius 1 is 1.10 bits per heavy atom. The number of rotatable bonds is 6. The molecule has 0 aromatic heterocycles. The van der Waals surface area contributed by atoms with Crippen LogP contribution in [-0.2, 0) is 27.5 Å². The second-order valence-electron chi connectivity index (χ2n) is 12.8. The summed E-state index contributed by atoms with van der Waals surface area (Å²) in [6.45, 7) is 13.7. The summed E-state index contributed by atoms with van der Waals surface area (Å²) in [5.41, 5.74) is 2.52. The van der Waals surface area contributed by atoms with Gasteiger partial charge in [0.1, 0.15) is 0 Å². The van der Waals surface area contributed by atoms with Crippen LogP contribution in [-0.4, -0.2) is 36.8 Å². The molecular weight excluding hydrogens is 524 g/mol. The molecule has 1 N–H and O–H groups in total. The number of carboxylic acids is 1. The molecule has 212 valence electrons. The van der Waals surface area contributed by atoms with Crippen LogP contribution in [0.15, 0.2) is 35.7 Å². The number of aryl methyl sites for hydroxylation is 2. The van der Waals surface area contributed by atoms with Gasteiger partial charge in [-0.05, 0) is 97.6 Å². The summed E-state index contributed by atoms with van der Waals surface area (Å²) in [5, 5.41) is 10.3. The first-order valence-corrected chi connectivity index (χ1v) is 15.8. The molecule has 6 nitrogen and oxygen atoms in total. The Morgan fingerprint density at radius 2 is 1.77 bits per heavy atom. The minimum atomic E-state index is -3.51. The number of carbonyl (C=O) groups is 3. The van der Waals surface area contributed by atoms with Gasteiger partial charge in [-0.15, -0.1) is 6.58 Å². The van der Waals surface area contributed by atoms with Crippen LogP contribution in [0.25, 0.3) is 0 Å². The van der Waals surface area contributed by atoms with E-state index in [-0.39, 0.29) is 57.0 Å². The average Bonchev–Trinajstić information content (AvgIpc) is 3.21. The standard InChI is InChI=1S/C33H38O6S/c1-7-32(5)12-8-13-33(6,31(36)37)25(32)10-9-20-16-21(18(2)3)17-24-26(20)29(35)27-22-11-14-40(38,39)30(22)19(4)15-23(27)28(24)34/h7,15-18,25H,1,8-14H2,2-6H3,(H,36,37)/t25-,32-,33-/m0/s1. The molecule has 0 radical (unpaired) electrons. The highest BCUT2D eigenvalue weighted by atomic mass is 32.2. The number of hydrogen-bond acceptors (Lipinski definition) is 5. The molecule has 2 aliphatic carbocycles. The van der Waals surface area contributed by atoms with Gasteiger partial charge < -0.3 is 5.11 Å². The van der Waals surface area contributed by atoms with Gasteiger partial charge in [-0.25, -0.2) is 8.42 Å². The summed E-state index contributed by atoms with van der Waals surface area (Å²) in [4.78, 5) is 40.9. The quantitative estimate of drug-likeness (QED) is 0.357. The summed E-state index contributed by atoms with van der Waals surface area (Å²) in [6.07, 6.45) is 5.28. The number of aliphatic carboxylic acids is 1. The van der Waals surface area contributed by atoms with E-state index in [2.05, 4.69) is 13.5 Å². The molecule has 1 fully saturated rings. The normalized spacial score (nSPS) is 26.8. The molecule has 1 aliphatic heterocycles. The maximum Gasteiger partial charge on any atom is 0.309 e. The van der Waals surface area contributed by atoms with E-state index in [1.165, 1.54) is 0 Å². The molecule has 0 amide bonds. The summed E-state index contributed by atoms with van der Waals surface area (Å²) in [5.74, 6) is -1.55. The fourth-order valence-electron chi connectivity index (χ4n) is 7.65. The molecule has 5 rings (SSSR count). The van der Waals surface area contributed by atoms with E-state index in [0.717, 1.165) is 24.0 Å². The molecular formula is C33H38O6S. The Bertz CT molecular complexity index is 1600. The van der Waals surface area contributed by atoms with Crippen molar-refractivity contribution in [1.29, 1.82) is 0 Å². The first-order valence-electron chi connectivity index (χ1n) is 14.2. The fourth-order valence-corrected chi connectivity index (χ4v) is 9.46. The summed E-state index contributed by atoms with van der Waals surface area (Å²) in [7, 11) is -3.51. The Morgan fingerprint density at radius 3 is 2.40 bits per heavy atom. The van der Waals surface area contributed by atoms with Crippen LogP contribution in [0.1, 0.15) is 113 Å². The van der Waals surface area contributed by atoms with Crippen LogP contribution in [0.3, 0.4) is 0 Å². The maximum atomic E-state index is 14.3. The van der Waals surface area contributed by atoms with Gasteiger partial charge in [0.05, 0.1) is 16.1 Å². The van der Waals surface area contributed by atoms with E-state index in [4.69, 9.17) is 0 Å². The van der Waals surface area contributed by atoms with Crippen molar-refractivity contribution in [2.24, 2.45) is 16.7 Å². The first kappa shape index (κ1) is 28.5. The van der Waals surface area contributed by atoms with Gasteiger partial charge in [0, 0.05) is 22.3 Å². The Labute approximate surface area is 236 Å². The SMILES string of the molecule is C=C[C@@]1(C)CCC[C@](C)(C(=O)O)[C@H]1CCc1cc(C(C)C)cc2c1C(=O)c1c(cc(C)c3c1CCS3(=O)=O)C2=O. The molecule has 0 saturated heterocycles. The van der Waals surface area contributed by atoms with Crippen molar-refractivity contribution in [3.05, 3.63) is 75.4 Å². The lowest BCUT2D eigenvalue weighted by molar-refractivity contribution is -0.158. The summed E-state index contributed by atoms with van der Waals surface area (Å²) >= 11 is 0. The monoisotopic (exact) mass is 562 g/mol. The molecule has 7 heteroatoms. The van der Waals surface area contributed by atoms with Gasteiger partial charge in [0.2, 0.25) is 0 Å². The van der Waals surface area contributed by atoms with Crippen LogP contribution >= 0.6 is 0 Å². The van der Waals surface area contributed by atoms with Gasteiger partial charge >= 0.3 is 5.97 Å². The number of carboxylic acid groups (broad SMARTS) is 1. The minimum Gasteiger partial charge on any atom is -0.481 e. The van der Waals surface area contributed by atoms with Gasteiger partial charge in [-0.3, -0.25) is 14.4 Å². The Kier molecular flexibility index (Phi) is 6.77. The molecule has 2 aromatic carbocycles. The summed E-state index contributed by atoms with van der Waals surface area (Å²) in [6, 6.07) is 5.36. The third-order valence-corrected chi connectivity index (χ3v) is 11.9. The number of allylic oxidation sites excluding steroid dienone is 1. The van der Waals surface area contributed by atoms with Crippen molar-refractivity contribution >= 4 is 27.4 Å². The van der Waals surface area contributed by atoms with Crippen molar-refractivity contribution in [2.45, 2.75) is 84.0 Å². The average molecular weight is 563 g/mol. The lowest BCUT2D eigenvalue weighted by Gasteiger charge is -2.49. The van der Waals surface area contributed by atoms with Crippen LogP contribution in [0.2, 0.25) is 0 Å². The second-order valence-corrected chi connectivity index (χ2v) is 14.8. The third kappa shape index (κ3) is 4.11. The van der Waals surface area contributed by atoms with Crippen LogP contribution in [0.5, 0.6) is 0 Å². The molecule has 40 heavy (non-hydrogen) atoms. The lowest BCUT2D eigenvalue weighted by atomic mass is 9.54. The van der Waals surface area contributed by atoms with Crippen molar-refractivity contribution in [2.75, 3.05) is 5.75 Å². The zero-order chi connectivity index (χ0) is 29.4. The highest BCUT2D eigenvalue weighted by Gasteiger charge is 2.51. The van der Waals surface area contributed by atoms with Gasteiger partial charge in [-0.2, -0.15) is 0 Å². The highest BCUT2D eigenvalue weighted by Crippen LogP contribution is 2.54. The van der Waals surface area contributed by atoms with Crippen molar-refractivity contribution in [3.8, 4) is 0 Å². The molecule has 0 spiro atoms. The molecule has 2 aromatic rings.